The molecule has 1 aromatic carbocycles. The van der Waals surface area contributed by atoms with E-state index in [1.165, 1.54) is 17.4 Å². The van der Waals surface area contributed by atoms with Crippen LogP contribution in [0.25, 0.3) is 0 Å². The van der Waals surface area contributed by atoms with Gasteiger partial charge in [-0.1, -0.05) is 20.8 Å². The fraction of sp³-hybridized carbons (Fsp3) is 0.615. The number of hydrogen-bond acceptors (Lipinski definition) is 5. The highest BCUT2D eigenvalue weighted by Gasteiger charge is 2.32. The van der Waals surface area contributed by atoms with Gasteiger partial charge in [0, 0.05) is 30.1 Å². The first-order valence-corrected chi connectivity index (χ1v) is 13.3. The highest BCUT2D eigenvalue weighted by molar-refractivity contribution is 7.09. The van der Waals surface area contributed by atoms with Crippen molar-refractivity contribution in [3.8, 4) is 5.75 Å². The Balaban J connectivity index is 1.68. The van der Waals surface area contributed by atoms with Crippen LogP contribution in [0, 0.1) is 5.92 Å². The zero-order chi connectivity index (χ0) is 25.9. The van der Waals surface area contributed by atoms with Crippen molar-refractivity contribution >= 4 is 17.2 Å². The molecule has 2 atom stereocenters. The maximum Gasteiger partial charge on any atom is 0.416 e. The third-order valence-corrected chi connectivity index (χ3v) is 7.94. The Morgan fingerprint density at radius 3 is 2.69 bits per heavy atom. The van der Waals surface area contributed by atoms with Crippen molar-refractivity contribution in [1.29, 1.82) is 0 Å². The van der Waals surface area contributed by atoms with Gasteiger partial charge in [-0.3, -0.25) is 4.79 Å². The molecule has 3 heterocycles. The van der Waals surface area contributed by atoms with Gasteiger partial charge >= 0.3 is 6.18 Å². The summed E-state index contributed by atoms with van der Waals surface area (Å²) in [6.45, 7) is 9.50. The lowest BCUT2D eigenvalue weighted by atomic mass is 9.95. The quantitative estimate of drug-likeness (QED) is 0.566. The predicted octanol–water partition coefficient (Wildman–Crippen LogP) is 5.16. The third-order valence-electron chi connectivity index (χ3n) is 6.49. The molecule has 2 aliphatic rings. The summed E-state index contributed by atoms with van der Waals surface area (Å²) < 4.78 is 54.0. The van der Waals surface area contributed by atoms with Gasteiger partial charge in [0.2, 0.25) is 0 Å². The molecular formula is C26H34F3N3O3S. The van der Waals surface area contributed by atoms with Crippen LogP contribution in [0.3, 0.4) is 0 Å². The Morgan fingerprint density at radius 1 is 1.25 bits per heavy atom. The Morgan fingerprint density at radius 2 is 2.06 bits per heavy atom. The number of nitrogens with one attached hydrogen (secondary N) is 1. The lowest BCUT2D eigenvalue weighted by molar-refractivity contribution is -0.137. The number of hydrogen-bond donors (Lipinski definition) is 1. The number of aromatic nitrogens is 1. The van der Waals surface area contributed by atoms with Crippen molar-refractivity contribution in [2.75, 3.05) is 26.3 Å². The molecule has 198 valence electrons. The molecule has 0 saturated carbocycles. The van der Waals surface area contributed by atoms with Crippen molar-refractivity contribution in [3.05, 3.63) is 45.2 Å². The molecule has 0 unspecified atom stereocenters. The lowest BCUT2D eigenvalue weighted by Gasteiger charge is -2.23. The molecule has 1 aromatic heterocycles. The molecule has 4 rings (SSSR count). The van der Waals surface area contributed by atoms with Gasteiger partial charge in [-0.15, -0.1) is 11.3 Å². The van der Waals surface area contributed by atoms with E-state index < -0.39 is 17.6 Å². The number of benzene rings is 1. The topological polar surface area (TPSA) is 64.9 Å². The Kier molecular flexibility index (Phi) is 8.26. The molecule has 0 spiro atoms. The molecule has 1 N–H and O–H groups in total. The number of ether oxygens (including phenoxy) is 2. The maximum atomic E-state index is 13.5. The van der Waals surface area contributed by atoms with Gasteiger partial charge in [-0.25, -0.2) is 0 Å². The SMILES string of the molecule is CC(C)(C)c1cn(C[C@H]2CCCO2)c(=NC(=O)c2cc(C(F)(F)F)ccc2OC[C@@H]2CCCNC2)s1. The van der Waals surface area contributed by atoms with Gasteiger partial charge in [0.1, 0.15) is 5.75 Å². The van der Waals surface area contributed by atoms with Gasteiger partial charge in [-0.2, -0.15) is 18.2 Å². The minimum absolute atomic E-state index is 0.0259. The van der Waals surface area contributed by atoms with Crippen LogP contribution in [0.5, 0.6) is 5.75 Å². The van der Waals surface area contributed by atoms with Crippen LogP contribution in [0.2, 0.25) is 0 Å². The summed E-state index contributed by atoms with van der Waals surface area (Å²) >= 11 is 1.37. The standard InChI is InChI=1S/C26H34F3N3O3S/c1-25(2,3)22-15-32(14-19-7-5-11-34-19)24(36-22)31-23(33)20-12-18(26(27,28)29)8-9-21(20)35-16-17-6-4-10-30-13-17/h8-9,12,15,17,19,30H,4-7,10-11,13-14,16H2,1-3H3/t17-,19-/m1/s1. The summed E-state index contributed by atoms with van der Waals surface area (Å²) in [7, 11) is 0. The van der Waals surface area contributed by atoms with E-state index in [1.54, 1.807) is 0 Å². The first-order chi connectivity index (χ1) is 17.0. The van der Waals surface area contributed by atoms with Crippen LogP contribution in [-0.4, -0.2) is 42.9 Å². The minimum atomic E-state index is -4.58. The number of carbonyl (C=O) groups is 1. The van der Waals surface area contributed by atoms with Gasteiger partial charge in [0.15, 0.2) is 4.80 Å². The second-order valence-corrected chi connectivity index (χ2v) is 11.6. The molecule has 1 amide bonds. The number of nitrogens with zero attached hydrogens (tertiary/aromatic N) is 2. The number of carbonyl (C=O) groups excluding carboxylic acids is 1. The van der Waals surface area contributed by atoms with Gasteiger partial charge in [0.25, 0.3) is 5.91 Å². The van der Waals surface area contributed by atoms with Crippen LogP contribution in [0.4, 0.5) is 13.2 Å². The monoisotopic (exact) mass is 525 g/mol. The lowest BCUT2D eigenvalue weighted by Crippen LogP contribution is -2.33. The zero-order valence-electron chi connectivity index (χ0n) is 21.0. The average molecular weight is 526 g/mol. The molecule has 2 saturated heterocycles. The second-order valence-electron chi connectivity index (χ2n) is 10.6. The summed E-state index contributed by atoms with van der Waals surface area (Å²) in [5.74, 6) is -0.386. The van der Waals surface area contributed by atoms with E-state index in [9.17, 15) is 18.0 Å². The van der Waals surface area contributed by atoms with Crippen LogP contribution >= 0.6 is 11.3 Å². The molecule has 2 aromatic rings. The average Bonchev–Trinajstić information content (AvgIpc) is 3.48. The van der Waals surface area contributed by atoms with Gasteiger partial charge in [-0.05, 0) is 55.8 Å². The fourth-order valence-corrected chi connectivity index (χ4v) is 5.43. The van der Waals surface area contributed by atoms with Crippen LogP contribution in [0.15, 0.2) is 29.4 Å². The largest absolute Gasteiger partial charge is 0.492 e. The minimum Gasteiger partial charge on any atom is -0.492 e. The maximum absolute atomic E-state index is 13.5. The molecule has 0 radical (unpaired) electrons. The van der Waals surface area contributed by atoms with E-state index in [0.29, 0.717) is 24.6 Å². The van der Waals surface area contributed by atoms with Gasteiger partial charge in [0.05, 0.1) is 30.4 Å². The Labute approximate surface area is 213 Å². The predicted molar refractivity (Wildman–Crippen MR) is 132 cm³/mol. The van der Waals surface area contributed by atoms with Crippen LogP contribution < -0.4 is 14.9 Å². The molecular weight excluding hydrogens is 491 g/mol. The normalized spacial score (nSPS) is 21.7. The molecule has 10 heteroatoms. The fourth-order valence-electron chi connectivity index (χ4n) is 4.37. The van der Waals surface area contributed by atoms with Crippen LogP contribution in [0.1, 0.15) is 67.3 Å². The summed E-state index contributed by atoms with van der Waals surface area (Å²) in [4.78, 5) is 19.1. The molecule has 36 heavy (non-hydrogen) atoms. The third kappa shape index (κ3) is 6.77. The Bertz CT molecular complexity index is 1120. The van der Waals surface area contributed by atoms with Crippen molar-refractivity contribution in [2.45, 2.75) is 70.7 Å². The summed E-state index contributed by atoms with van der Waals surface area (Å²) in [5, 5.41) is 3.29. The van der Waals surface area contributed by atoms with Crippen molar-refractivity contribution in [1.82, 2.24) is 9.88 Å². The number of thiazole rings is 1. The molecule has 6 nitrogen and oxygen atoms in total. The second kappa shape index (κ2) is 11.1. The highest BCUT2D eigenvalue weighted by Crippen LogP contribution is 2.33. The van der Waals surface area contributed by atoms with E-state index in [2.05, 4.69) is 31.1 Å². The van der Waals surface area contributed by atoms with E-state index in [4.69, 9.17) is 9.47 Å². The van der Waals surface area contributed by atoms with Crippen molar-refractivity contribution in [3.63, 3.8) is 0 Å². The van der Waals surface area contributed by atoms with Crippen molar-refractivity contribution in [2.24, 2.45) is 10.9 Å². The first-order valence-electron chi connectivity index (χ1n) is 12.5. The number of alkyl halides is 3. The highest BCUT2D eigenvalue weighted by atomic mass is 32.1. The first kappa shape index (κ1) is 26.9. The summed E-state index contributed by atoms with van der Waals surface area (Å²) in [6, 6.07) is 3.03. The number of halogens is 3. The smallest absolute Gasteiger partial charge is 0.416 e. The molecule has 0 bridgehead atoms. The van der Waals surface area contributed by atoms with Gasteiger partial charge < -0.3 is 19.4 Å². The summed E-state index contributed by atoms with van der Waals surface area (Å²) in [5.41, 5.74) is -1.25. The van der Waals surface area contributed by atoms with Crippen molar-refractivity contribution < 1.29 is 27.4 Å². The Hall–Kier alpha value is -2.17. The molecule has 2 fully saturated rings. The van der Waals surface area contributed by atoms with Crippen LogP contribution in [-0.2, 0) is 22.9 Å². The van der Waals surface area contributed by atoms with E-state index in [0.717, 1.165) is 55.8 Å². The molecule has 0 aliphatic carbocycles. The molecule has 2 aliphatic heterocycles. The summed E-state index contributed by atoms with van der Waals surface area (Å²) in [6.07, 6.45) is 1.30. The number of piperidine rings is 1. The number of amides is 1. The van der Waals surface area contributed by atoms with E-state index >= 15 is 0 Å². The van der Waals surface area contributed by atoms with E-state index in [-0.39, 0.29) is 28.7 Å². The zero-order valence-corrected chi connectivity index (χ0v) is 21.8. The number of rotatable bonds is 6. The van der Waals surface area contributed by atoms with E-state index in [1.807, 2.05) is 10.8 Å².